The molecule has 42 valence electrons. The monoisotopic (exact) mass is 135 g/mol. The van der Waals surface area contributed by atoms with Crippen LogP contribution in [-0.2, 0) is 0 Å². The lowest BCUT2D eigenvalue weighted by Gasteiger charge is -1.96. The first-order valence-corrected chi connectivity index (χ1v) is 5.47. The Hall–Kier alpha value is -0.00312. The van der Waals surface area contributed by atoms with E-state index >= 15 is 0 Å². The third-order valence-corrected chi connectivity index (χ3v) is 1.01. The van der Waals surface area contributed by atoms with E-state index in [1.807, 2.05) is 19.6 Å². The van der Waals surface area contributed by atoms with Crippen molar-refractivity contribution in [1.29, 1.82) is 5.26 Å². The Morgan fingerprint density at radius 1 is 1.29 bits per heavy atom. The molecule has 0 aliphatic heterocycles. The zero-order valence-corrected chi connectivity index (χ0v) is 6.67. The minimum Gasteiger partial charge on any atom is -0.207 e. The minimum absolute atomic E-state index is 0. The molecule has 0 N–H and O–H groups in total. The van der Waals surface area contributed by atoms with Crippen LogP contribution in [0, 0.1) is 11.0 Å². The van der Waals surface area contributed by atoms with Crippen LogP contribution in [0.2, 0.25) is 19.6 Å². The molecule has 0 aliphatic carbocycles. The van der Waals surface area contributed by atoms with Crippen molar-refractivity contribution < 1.29 is 0 Å². The third-order valence-electron chi connectivity index (χ3n) is 0.335. The number of nitrogens with zero attached hydrogens (tertiary/aromatic N) is 1. The molecular weight excluding hydrogens is 126 g/mol. The quantitative estimate of drug-likeness (QED) is 0.465. The van der Waals surface area contributed by atoms with Gasteiger partial charge in [0.2, 0.25) is 0 Å². The molecule has 0 amide bonds. The summed E-state index contributed by atoms with van der Waals surface area (Å²) in [6.45, 7) is 6.06. The number of rotatable bonds is 0. The van der Waals surface area contributed by atoms with Crippen molar-refractivity contribution >= 4 is 20.5 Å². The molecular formula is C4H10ClNSi. The molecule has 0 rings (SSSR count). The van der Waals surface area contributed by atoms with Gasteiger partial charge in [-0.1, -0.05) is 19.6 Å². The first-order valence-electron chi connectivity index (χ1n) is 1.97. The van der Waals surface area contributed by atoms with Crippen LogP contribution in [0.1, 0.15) is 0 Å². The molecule has 0 aromatic carbocycles. The second kappa shape index (κ2) is 3.06. The normalized spacial score (nSPS) is 8.86. The van der Waals surface area contributed by atoms with E-state index in [1.54, 1.807) is 0 Å². The van der Waals surface area contributed by atoms with Crippen molar-refractivity contribution in [3.63, 3.8) is 0 Å². The maximum absolute atomic E-state index is 8.21. The smallest absolute Gasteiger partial charge is 0.164 e. The Labute approximate surface area is 51.8 Å². The summed E-state index contributed by atoms with van der Waals surface area (Å²) in [6, 6.07) is 0. The molecule has 3 heteroatoms. The van der Waals surface area contributed by atoms with Crippen LogP contribution in [0.3, 0.4) is 0 Å². The first-order chi connectivity index (χ1) is 2.56. The van der Waals surface area contributed by atoms with Gasteiger partial charge < -0.3 is 0 Å². The van der Waals surface area contributed by atoms with E-state index in [4.69, 9.17) is 5.26 Å². The minimum atomic E-state index is -1.33. The van der Waals surface area contributed by atoms with Crippen LogP contribution in [0.15, 0.2) is 0 Å². The summed E-state index contributed by atoms with van der Waals surface area (Å²) in [5, 5.41) is 8.21. The van der Waals surface area contributed by atoms with Gasteiger partial charge >= 0.3 is 0 Å². The van der Waals surface area contributed by atoms with Gasteiger partial charge in [-0.05, 0) is 0 Å². The summed E-state index contributed by atoms with van der Waals surface area (Å²) in [5.74, 6) is 0. The van der Waals surface area contributed by atoms with Gasteiger partial charge in [0.1, 0.15) is 0 Å². The number of nitriles is 1. The maximum atomic E-state index is 8.21. The standard InChI is InChI=1S/C4H9NSi.ClH/c1-6(2,3)4-5;/h1-3H3;1H. The summed E-state index contributed by atoms with van der Waals surface area (Å²) in [5.41, 5.74) is 2.24. The highest BCUT2D eigenvalue weighted by Gasteiger charge is 2.09. The van der Waals surface area contributed by atoms with Gasteiger partial charge in [-0.25, -0.2) is 5.26 Å². The van der Waals surface area contributed by atoms with Crippen molar-refractivity contribution in [3.05, 3.63) is 0 Å². The van der Waals surface area contributed by atoms with Gasteiger partial charge in [0.05, 0.1) is 0 Å². The average Bonchev–Trinajstić information content (AvgIpc) is 1.35. The molecule has 0 spiro atoms. The van der Waals surface area contributed by atoms with Crippen LogP contribution in [0.5, 0.6) is 0 Å². The van der Waals surface area contributed by atoms with Gasteiger partial charge in [0, 0.05) is 5.69 Å². The Kier molecular flexibility index (Phi) is 4.40. The van der Waals surface area contributed by atoms with Crippen molar-refractivity contribution in [3.8, 4) is 5.69 Å². The first kappa shape index (κ1) is 10.1. The van der Waals surface area contributed by atoms with E-state index in [0.29, 0.717) is 0 Å². The van der Waals surface area contributed by atoms with Crippen LogP contribution < -0.4 is 0 Å². The summed E-state index contributed by atoms with van der Waals surface area (Å²) < 4.78 is 0. The Balaban J connectivity index is 0. The maximum Gasteiger partial charge on any atom is 0.164 e. The van der Waals surface area contributed by atoms with Crippen LogP contribution in [0.25, 0.3) is 0 Å². The fourth-order valence-electron chi connectivity index (χ4n) is 0. The highest BCUT2D eigenvalue weighted by molar-refractivity contribution is 6.83. The predicted molar refractivity (Wildman–Crippen MR) is 36.2 cm³/mol. The molecule has 0 aromatic rings. The zero-order valence-electron chi connectivity index (χ0n) is 4.86. The predicted octanol–water partition coefficient (Wildman–Crippen LogP) is 1.81. The van der Waals surface area contributed by atoms with E-state index < -0.39 is 8.07 Å². The molecule has 7 heavy (non-hydrogen) atoms. The van der Waals surface area contributed by atoms with Crippen LogP contribution in [-0.4, -0.2) is 8.07 Å². The van der Waals surface area contributed by atoms with E-state index in [2.05, 4.69) is 5.69 Å². The van der Waals surface area contributed by atoms with Gasteiger partial charge in [-0.2, -0.15) is 0 Å². The average molecular weight is 136 g/mol. The van der Waals surface area contributed by atoms with Crippen LogP contribution >= 0.6 is 12.4 Å². The lowest BCUT2D eigenvalue weighted by atomic mass is 11.7. The van der Waals surface area contributed by atoms with Crippen molar-refractivity contribution in [2.45, 2.75) is 19.6 Å². The molecule has 0 fully saturated rings. The molecule has 0 atom stereocenters. The Morgan fingerprint density at radius 2 is 1.43 bits per heavy atom. The largest absolute Gasteiger partial charge is 0.207 e. The second-order valence-corrected chi connectivity index (χ2v) is 7.09. The molecule has 0 bridgehead atoms. The SMILES string of the molecule is C[Si](C)(C)C#N.Cl. The molecule has 0 saturated carbocycles. The summed E-state index contributed by atoms with van der Waals surface area (Å²) in [6.07, 6.45) is 0. The number of hydrogen-bond donors (Lipinski definition) is 0. The number of hydrogen-bond acceptors (Lipinski definition) is 1. The van der Waals surface area contributed by atoms with E-state index in [-0.39, 0.29) is 12.4 Å². The van der Waals surface area contributed by atoms with E-state index in [1.165, 1.54) is 0 Å². The molecule has 0 saturated heterocycles. The Bertz CT molecular complexity index is 78.7. The topological polar surface area (TPSA) is 23.8 Å². The van der Waals surface area contributed by atoms with E-state index in [0.717, 1.165) is 0 Å². The van der Waals surface area contributed by atoms with Gasteiger partial charge in [0.25, 0.3) is 0 Å². The molecule has 0 aliphatic rings. The Morgan fingerprint density at radius 3 is 1.43 bits per heavy atom. The summed E-state index contributed by atoms with van der Waals surface area (Å²) in [7, 11) is -1.33. The second-order valence-electron chi connectivity index (χ2n) is 2.36. The molecule has 0 aromatic heterocycles. The summed E-state index contributed by atoms with van der Waals surface area (Å²) >= 11 is 0. The zero-order chi connectivity index (χ0) is 5.21. The van der Waals surface area contributed by atoms with Gasteiger partial charge in [-0.15, -0.1) is 12.4 Å². The van der Waals surface area contributed by atoms with Crippen LogP contribution in [0.4, 0.5) is 0 Å². The van der Waals surface area contributed by atoms with Gasteiger partial charge in [0.15, 0.2) is 8.07 Å². The highest BCUT2D eigenvalue weighted by Crippen LogP contribution is 1.94. The number of halogens is 1. The fourth-order valence-corrected chi connectivity index (χ4v) is 0. The molecule has 1 nitrogen and oxygen atoms in total. The summed E-state index contributed by atoms with van der Waals surface area (Å²) in [4.78, 5) is 0. The molecule has 0 radical (unpaired) electrons. The third kappa shape index (κ3) is 10.7. The lowest BCUT2D eigenvalue weighted by Crippen LogP contribution is -2.15. The highest BCUT2D eigenvalue weighted by atomic mass is 35.5. The fraction of sp³-hybridized carbons (Fsp3) is 0.750. The molecule has 0 unspecified atom stereocenters. The van der Waals surface area contributed by atoms with Crippen molar-refractivity contribution in [2.75, 3.05) is 0 Å². The van der Waals surface area contributed by atoms with Crippen molar-refractivity contribution in [2.24, 2.45) is 0 Å². The lowest BCUT2D eigenvalue weighted by molar-refractivity contribution is 1.53. The van der Waals surface area contributed by atoms with Crippen molar-refractivity contribution in [1.82, 2.24) is 0 Å². The van der Waals surface area contributed by atoms with E-state index in [9.17, 15) is 0 Å². The molecule has 0 heterocycles. The van der Waals surface area contributed by atoms with Gasteiger partial charge in [-0.3, -0.25) is 0 Å².